The summed E-state index contributed by atoms with van der Waals surface area (Å²) in [5.41, 5.74) is 8.97. The van der Waals surface area contributed by atoms with Crippen LogP contribution in [0, 0.1) is 0 Å². The third-order valence-electron chi connectivity index (χ3n) is 6.19. The first-order valence-corrected chi connectivity index (χ1v) is 16.6. The van der Waals surface area contributed by atoms with Gasteiger partial charge in [-0.3, -0.25) is 4.52 Å². The Balaban J connectivity index is 1.28. The van der Waals surface area contributed by atoms with Crippen LogP contribution in [0.2, 0.25) is 0 Å². The fourth-order valence-corrected chi connectivity index (χ4v) is 9.02. The van der Waals surface area contributed by atoms with Gasteiger partial charge in [-0.1, -0.05) is 64.1 Å². The van der Waals surface area contributed by atoms with Gasteiger partial charge in [0.15, 0.2) is 17.8 Å². The molecule has 1 saturated heterocycles. The summed E-state index contributed by atoms with van der Waals surface area (Å²) in [6.07, 6.45) is 2.76. The highest BCUT2D eigenvalue weighted by Crippen LogP contribution is 2.55. The van der Waals surface area contributed by atoms with Crippen LogP contribution < -0.4 is 10.3 Å². The van der Waals surface area contributed by atoms with Crippen molar-refractivity contribution in [3.63, 3.8) is 0 Å². The molecule has 4 atom stereocenters. The third kappa shape index (κ3) is 6.95. The molecule has 1 fully saturated rings. The number of aliphatic hydroxyl groups is 1. The fourth-order valence-electron chi connectivity index (χ4n) is 4.32. The summed E-state index contributed by atoms with van der Waals surface area (Å²) < 4.78 is 34.2. The van der Waals surface area contributed by atoms with Crippen molar-refractivity contribution in [3.8, 4) is 5.75 Å². The molecule has 0 bridgehead atoms. The molecular formula is C26H30N5O5PS2. The number of nitrogens with two attached hydrogens (primary N) is 1. The van der Waals surface area contributed by atoms with Crippen molar-refractivity contribution in [2.24, 2.45) is 0 Å². The van der Waals surface area contributed by atoms with Gasteiger partial charge in [-0.15, -0.1) is 0 Å². The highest BCUT2D eigenvalue weighted by molar-refractivity contribution is 8.76. The van der Waals surface area contributed by atoms with E-state index in [9.17, 15) is 9.67 Å². The summed E-state index contributed by atoms with van der Waals surface area (Å²) in [7, 11) is -0.312. The molecule has 0 amide bonds. The molecular weight excluding hydrogens is 557 g/mol. The average molecular weight is 588 g/mol. The smallest absolute Gasteiger partial charge is 0.405 e. The van der Waals surface area contributed by atoms with Crippen molar-refractivity contribution in [1.29, 1.82) is 0 Å². The molecule has 0 spiro atoms. The van der Waals surface area contributed by atoms with E-state index in [1.165, 1.54) is 6.33 Å². The van der Waals surface area contributed by atoms with Gasteiger partial charge in [-0.2, -0.15) is 0 Å². The van der Waals surface area contributed by atoms with Gasteiger partial charge in [-0.25, -0.2) is 19.5 Å². The molecule has 3 heterocycles. The van der Waals surface area contributed by atoms with Gasteiger partial charge in [0.25, 0.3) is 0 Å². The van der Waals surface area contributed by atoms with E-state index in [1.54, 1.807) is 40.0 Å². The number of benzene rings is 2. The van der Waals surface area contributed by atoms with Crippen LogP contribution in [0.15, 0.2) is 67.3 Å². The number of hydrogen-bond acceptors (Lipinski definition) is 11. The molecule has 10 nitrogen and oxygen atoms in total. The van der Waals surface area contributed by atoms with Crippen LogP contribution in [-0.2, 0) is 27.0 Å². The molecule has 5 rings (SSSR count). The van der Waals surface area contributed by atoms with E-state index < -0.39 is 7.60 Å². The van der Waals surface area contributed by atoms with Gasteiger partial charge in [-0.05, 0) is 36.6 Å². The van der Waals surface area contributed by atoms with E-state index in [4.69, 9.17) is 19.5 Å². The highest BCUT2D eigenvalue weighted by atomic mass is 33.1. The fraction of sp³-hybridized carbons (Fsp3) is 0.346. The molecule has 1 aliphatic heterocycles. The Bertz CT molecular complexity index is 1440. The zero-order chi connectivity index (χ0) is 27.2. The molecule has 3 N–H and O–H groups in total. The van der Waals surface area contributed by atoms with Crippen molar-refractivity contribution in [1.82, 2.24) is 19.5 Å². The van der Waals surface area contributed by atoms with Crippen LogP contribution >= 0.6 is 29.2 Å². The second-order valence-corrected chi connectivity index (χ2v) is 13.6. The lowest BCUT2D eigenvalue weighted by Gasteiger charge is -2.32. The minimum absolute atomic E-state index is 0.0322. The average Bonchev–Trinajstić information content (AvgIpc) is 3.36. The number of ether oxygens (including phenoxy) is 1. The first kappa shape index (κ1) is 27.9. The van der Waals surface area contributed by atoms with Crippen LogP contribution in [0.4, 0.5) is 5.82 Å². The largest absolute Gasteiger partial charge is 0.423 e. The Labute approximate surface area is 234 Å². The third-order valence-corrected chi connectivity index (χ3v) is 10.6. The molecule has 13 heteroatoms. The molecule has 2 aromatic carbocycles. The minimum Gasteiger partial charge on any atom is -0.423 e. The maximum atomic E-state index is 14.1. The number of aliphatic hydroxyl groups excluding tert-OH is 1. The predicted molar refractivity (Wildman–Crippen MR) is 154 cm³/mol. The zero-order valence-electron chi connectivity index (χ0n) is 21.3. The minimum atomic E-state index is -3.71. The second kappa shape index (κ2) is 12.7. The molecule has 0 aliphatic carbocycles. The van der Waals surface area contributed by atoms with E-state index in [-0.39, 0.29) is 30.4 Å². The summed E-state index contributed by atoms with van der Waals surface area (Å²) in [6, 6.07) is 16.8. The molecule has 2 aromatic heterocycles. The summed E-state index contributed by atoms with van der Waals surface area (Å²) in [5.74, 6) is 1.41. The van der Waals surface area contributed by atoms with Crippen LogP contribution in [-0.4, -0.2) is 48.9 Å². The highest BCUT2D eigenvalue weighted by Gasteiger charge is 2.36. The molecule has 4 aromatic rings. The Kier molecular flexibility index (Phi) is 9.11. The topological polar surface area (TPSA) is 135 Å². The molecule has 206 valence electrons. The van der Waals surface area contributed by atoms with E-state index in [0.717, 1.165) is 11.1 Å². The van der Waals surface area contributed by atoms with Gasteiger partial charge < -0.3 is 24.7 Å². The Hall–Kier alpha value is -2.60. The summed E-state index contributed by atoms with van der Waals surface area (Å²) >= 11 is 0. The van der Waals surface area contributed by atoms with E-state index in [1.807, 2.05) is 54.0 Å². The molecule has 39 heavy (non-hydrogen) atoms. The van der Waals surface area contributed by atoms with Gasteiger partial charge in [0.2, 0.25) is 0 Å². The Morgan fingerprint density at radius 3 is 2.77 bits per heavy atom. The van der Waals surface area contributed by atoms with E-state index in [2.05, 4.69) is 15.0 Å². The standard InChI is InChI=1S/C26H30N5O5PS2/c1-18(12-31-16-30-24-25(27)28-15-29-26(24)31)34-17-37(33,35-20-8-3-2-4-9-20)36-21-11-23(39-38-14-21)22-10-6-5-7-19(22)13-32/h2-10,15-16,18,21,23,32H,11-14,17H2,1H3,(H2,27,28,29)/t18-,21?,23?,37?/m1/s1. The van der Waals surface area contributed by atoms with Crippen LogP contribution in [0.1, 0.15) is 29.7 Å². The van der Waals surface area contributed by atoms with Crippen molar-refractivity contribution < 1.29 is 23.5 Å². The lowest BCUT2D eigenvalue weighted by molar-refractivity contribution is 0.0672. The lowest BCUT2D eigenvalue weighted by Crippen LogP contribution is -2.24. The number of aromatic nitrogens is 4. The number of imidazole rings is 1. The van der Waals surface area contributed by atoms with E-state index >= 15 is 0 Å². The first-order valence-electron chi connectivity index (χ1n) is 12.5. The maximum Gasteiger partial charge on any atom is 0.405 e. The van der Waals surface area contributed by atoms with Gasteiger partial charge in [0, 0.05) is 11.0 Å². The number of hydrogen-bond donors (Lipinski definition) is 2. The monoisotopic (exact) mass is 587 g/mol. The number of rotatable bonds is 11. The summed E-state index contributed by atoms with van der Waals surface area (Å²) in [4.78, 5) is 12.5. The molecule has 0 saturated carbocycles. The normalized spacial score (nSPS) is 19.9. The van der Waals surface area contributed by atoms with Crippen LogP contribution in [0.5, 0.6) is 5.75 Å². The maximum absolute atomic E-state index is 14.1. The van der Waals surface area contributed by atoms with Crippen LogP contribution in [0.3, 0.4) is 0 Å². The molecule has 0 radical (unpaired) electrons. The van der Waals surface area contributed by atoms with Gasteiger partial charge >= 0.3 is 7.60 Å². The quantitative estimate of drug-likeness (QED) is 0.171. The zero-order valence-corrected chi connectivity index (χ0v) is 23.9. The van der Waals surface area contributed by atoms with Crippen molar-refractivity contribution in [2.75, 3.05) is 17.8 Å². The SMILES string of the molecule is C[C@H](Cn1cnc2c(N)ncnc21)OCP(=O)(Oc1ccccc1)OC1CSSC(c2ccccc2CO)C1. The Morgan fingerprint density at radius 2 is 1.95 bits per heavy atom. The number of nitrogens with zero attached hydrogens (tertiary/aromatic N) is 4. The van der Waals surface area contributed by atoms with Crippen molar-refractivity contribution in [2.45, 2.75) is 44.0 Å². The van der Waals surface area contributed by atoms with Crippen molar-refractivity contribution >= 4 is 46.2 Å². The number of anilines is 1. The van der Waals surface area contributed by atoms with Gasteiger partial charge in [0.05, 0.1) is 31.7 Å². The van der Waals surface area contributed by atoms with Crippen molar-refractivity contribution in [3.05, 3.63) is 78.4 Å². The number of nitrogen functional groups attached to an aromatic ring is 1. The van der Waals surface area contributed by atoms with Crippen LogP contribution in [0.25, 0.3) is 11.2 Å². The molecule has 1 aliphatic rings. The Morgan fingerprint density at radius 1 is 1.15 bits per heavy atom. The summed E-state index contributed by atoms with van der Waals surface area (Å²) in [6.45, 7) is 2.25. The second-order valence-electron chi connectivity index (χ2n) is 9.14. The predicted octanol–water partition coefficient (Wildman–Crippen LogP) is 5.45. The number of fused-ring (bicyclic) bond motifs is 1. The van der Waals surface area contributed by atoms with E-state index in [0.29, 0.717) is 41.4 Å². The summed E-state index contributed by atoms with van der Waals surface area (Å²) in [5, 5.41) is 9.89. The van der Waals surface area contributed by atoms with Gasteiger partial charge in [0.1, 0.15) is 17.6 Å². The molecule has 3 unspecified atom stereocenters. The lowest BCUT2D eigenvalue weighted by atomic mass is 10.0. The first-order chi connectivity index (χ1) is 18.9. The number of para-hydroxylation sites is 1.